The zero-order valence-electron chi connectivity index (χ0n) is 15.7. The van der Waals surface area contributed by atoms with Gasteiger partial charge in [-0.3, -0.25) is 0 Å². The lowest BCUT2D eigenvalue weighted by Crippen LogP contribution is -2.54. The number of urea groups is 1. The molecule has 1 aromatic heterocycles. The molecule has 1 atom stereocenters. The summed E-state index contributed by atoms with van der Waals surface area (Å²) in [5.74, 6) is 0. The number of nitrogens with zero attached hydrogens (tertiary/aromatic N) is 4. The Hall–Kier alpha value is -2.34. The Labute approximate surface area is 149 Å². The molecule has 2 heterocycles. The van der Waals surface area contributed by atoms with Crippen LogP contribution in [0.4, 0.5) is 10.5 Å². The minimum atomic E-state index is -0.0461. The molecule has 0 bridgehead atoms. The number of anilines is 1. The molecule has 1 aliphatic heterocycles. The molecule has 6 heteroatoms. The second kappa shape index (κ2) is 6.88. The lowest BCUT2D eigenvalue weighted by molar-refractivity contribution is 0.125. The van der Waals surface area contributed by atoms with Gasteiger partial charge in [-0.1, -0.05) is 17.7 Å². The molecule has 2 amide bonds. The first-order valence-electron chi connectivity index (χ1n) is 8.76. The van der Waals surface area contributed by atoms with Crippen LogP contribution in [0.25, 0.3) is 5.69 Å². The van der Waals surface area contributed by atoms with Crippen molar-refractivity contribution < 1.29 is 4.79 Å². The van der Waals surface area contributed by atoms with Crippen molar-refractivity contribution in [2.24, 2.45) is 0 Å². The van der Waals surface area contributed by atoms with E-state index >= 15 is 0 Å². The molecule has 0 spiro atoms. The van der Waals surface area contributed by atoms with Crippen molar-refractivity contribution in [1.29, 1.82) is 0 Å². The van der Waals surface area contributed by atoms with Gasteiger partial charge in [0.25, 0.3) is 0 Å². The molecular formula is C19H27N5O. The normalized spacial score (nSPS) is 18.4. The van der Waals surface area contributed by atoms with E-state index < -0.39 is 0 Å². The Balaban J connectivity index is 1.81. The van der Waals surface area contributed by atoms with Crippen LogP contribution in [0.3, 0.4) is 0 Å². The van der Waals surface area contributed by atoms with E-state index in [-0.39, 0.29) is 12.1 Å². The highest BCUT2D eigenvalue weighted by molar-refractivity contribution is 5.91. The van der Waals surface area contributed by atoms with Crippen LogP contribution in [0.2, 0.25) is 0 Å². The first-order chi connectivity index (χ1) is 11.9. The summed E-state index contributed by atoms with van der Waals surface area (Å²) in [6.45, 7) is 10.6. The quantitative estimate of drug-likeness (QED) is 0.914. The molecule has 1 aliphatic rings. The minimum Gasteiger partial charge on any atom is -0.319 e. The van der Waals surface area contributed by atoms with Crippen LogP contribution in [-0.2, 0) is 0 Å². The largest absolute Gasteiger partial charge is 0.322 e. The van der Waals surface area contributed by atoms with Gasteiger partial charge in [-0.15, -0.1) is 0 Å². The molecular weight excluding hydrogens is 314 g/mol. The Bertz CT molecular complexity index is 765. The van der Waals surface area contributed by atoms with Crippen LogP contribution in [0.5, 0.6) is 0 Å². The number of amides is 2. The van der Waals surface area contributed by atoms with E-state index in [1.54, 1.807) is 0 Å². The number of carbonyl (C=O) groups is 1. The van der Waals surface area contributed by atoms with Crippen molar-refractivity contribution in [2.75, 3.05) is 32.0 Å². The number of hydrogen-bond acceptors (Lipinski definition) is 3. The fraction of sp³-hybridized carbons (Fsp3) is 0.474. The molecule has 134 valence electrons. The van der Waals surface area contributed by atoms with Gasteiger partial charge in [-0.2, -0.15) is 5.10 Å². The number of likely N-dealkylation sites (N-methyl/N-ethyl adjacent to an activating group) is 1. The van der Waals surface area contributed by atoms with Gasteiger partial charge >= 0.3 is 6.03 Å². The average molecular weight is 341 g/mol. The third-order valence-electron chi connectivity index (χ3n) is 4.89. The lowest BCUT2D eigenvalue weighted by Gasteiger charge is -2.38. The van der Waals surface area contributed by atoms with Crippen LogP contribution < -0.4 is 5.32 Å². The molecule has 6 nitrogen and oxygen atoms in total. The number of carbonyl (C=O) groups excluding carboxylic acids is 1. The van der Waals surface area contributed by atoms with E-state index in [1.165, 1.54) is 5.56 Å². The number of hydrogen-bond donors (Lipinski definition) is 1. The number of nitrogens with one attached hydrogen (secondary N) is 1. The summed E-state index contributed by atoms with van der Waals surface area (Å²) in [6, 6.07) is 8.37. The first kappa shape index (κ1) is 17.5. The van der Waals surface area contributed by atoms with Crippen LogP contribution >= 0.6 is 0 Å². The summed E-state index contributed by atoms with van der Waals surface area (Å²) < 4.78 is 1.89. The van der Waals surface area contributed by atoms with Crippen molar-refractivity contribution in [3.63, 3.8) is 0 Å². The average Bonchev–Trinajstić information content (AvgIpc) is 2.83. The zero-order valence-corrected chi connectivity index (χ0v) is 15.7. The van der Waals surface area contributed by atoms with Gasteiger partial charge in [-0.25, -0.2) is 9.48 Å². The monoisotopic (exact) mass is 341 g/mol. The molecule has 1 saturated heterocycles. The van der Waals surface area contributed by atoms with E-state index in [0.717, 1.165) is 42.4 Å². The van der Waals surface area contributed by atoms with E-state index in [4.69, 9.17) is 0 Å². The van der Waals surface area contributed by atoms with Crippen LogP contribution in [0, 0.1) is 20.8 Å². The number of benzene rings is 1. The van der Waals surface area contributed by atoms with Crippen LogP contribution in [0.15, 0.2) is 24.3 Å². The predicted octanol–water partition coefficient (Wildman–Crippen LogP) is 2.97. The minimum absolute atomic E-state index is 0.0461. The fourth-order valence-corrected chi connectivity index (χ4v) is 3.38. The summed E-state index contributed by atoms with van der Waals surface area (Å²) in [6.07, 6.45) is 0. The van der Waals surface area contributed by atoms with Crippen molar-refractivity contribution in [3.8, 4) is 5.69 Å². The van der Waals surface area contributed by atoms with E-state index in [2.05, 4.69) is 48.3 Å². The third kappa shape index (κ3) is 3.54. The maximum Gasteiger partial charge on any atom is 0.322 e. The van der Waals surface area contributed by atoms with Gasteiger partial charge in [-0.05, 0) is 46.9 Å². The van der Waals surface area contributed by atoms with Gasteiger partial charge in [0.1, 0.15) is 0 Å². The Morgan fingerprint density at radius 2 is 1.84 bits per heavy atom. The standard InChI is InChI=1S/C19H27N5O/c1-13-6-8-17(9-7-13)24-16(4)18(15(3)21-24)20-19(25)23-11-10-22(5)12-14(23)2/h6-9,14H,10-12H2,1-5H3,(H,20,25). The first-order valence-corrected chi connectivity index (χ1v) is 8.76. The molecule has 25 heavy (non-hydrogen) atoms. The zero-order chi connectivity index (χ0) is 18.1. The lowest BCUT2D eigenvalue weighted by atomic mass is 10.2. The second-order valence-corrected chi connectivity index (χ2v) is 7.03. The van der Waals surface area contributed by atoms with Crippen molar-refractivity contribution in [3.05, 3.63) is 41.2 Å². The maximum absolute atomic E-state index is 12.7. The summed E-state index contributed by atoms with van der Waals surface area (Å²) in [5, 5.41) is 7.69. The van der Waals surface area contributed by atoms with Crippen molar-refractivity contribution in [2.45, 2.75) is 33.7 Å². The van der Waals surface area contributed by atoms with Crippen LogP contribution in [0.1, 0.15) is 23.9 Å². The predicted molar refractivity (Wildman–Crippen MR) is 100 cm³/mol. The van der Waals surface area contributed by atoms with Gasteiger partial charge < -0.3 is 15.1 Å². The SMILES string of the molecule is Cc1ccc(-n2nc(C)c(NC(=O)N3CCN(C)CC3C)c2C)cc1. The molecule has 0 saturated carbocycles. The Morgan fingerprint density at radius 3 is 2.48 bits per heavy atom. The smallest absolute Gasteiger partial charge is 0.319 e. The summed E-state index contributed by atoms with van der Waals surface area (Å²) in [5.41, 5.74) is 4.78. The second-order valence-electron chi connectivity index (χ2n) is 7.03. The highest BCUT2D eigenvalue weighted by Crippen LogP contribution is 2.24. The number of aromatic nitrogens is 2. The van der Waals surface area contributed by atoms with E-state index in [9.17, 15) is 4.79 Å². The molecule has 3 rings (SSSR count). The fourth-order valence-electron chi connectivity index (χ4n) is 3.38. The van der Waals surface area contributed by atoms with Crippen LogP contribution in [-0.4, -0.2) is 58.3 Å². The number of rotatable bonds is 2. The third-order valence-corrected chi connectivity index (χ3v) is 4.89. The van der Waals surface area contributed by atoms with Gasteiger partial charge in [0.15, 0.2) is 0 Å². The molecule has 0 radical (unpaired) electrons. The molecule has 2 aromatic rings. The number of aryl methyl sites for hydroxylation is 2. The van der Waals surface area contributed by atoms with Gasteiger partial charge in [0, 0.05) is 25.7 Å². The molecule has 1 unspecified atom stereocenters. The molecule has 1 fully saturated rings. The number of piperazine rings is 1. The van der Waals surface area contributed by atoms with Gasteiger partial charge in [0.2, 0.25) is 0 Å². The summed E-state index contributed by atoms with van der Waals surface area (Å²) >= 11 is 0. The maximum atomic E-state index is 12.7. The van der Waals surface area contributed by atoms with Crippen molar-refractivity contribution >= 4 is 11.7 Å². The summed E-state index contributed by atoms with van der Waals surface area (Å²) in [4.78, 5) is 16.9. The highest BCUT2D eigenvalue weighted by atomic mass is 16.2. The Morgan fingerprint density at radius 1 is 1.16 bits per heavy atom. The Kier molecular flexibility index (Phi) is 4.81. The van der Waals surface area contributed by atoms with E-state index in [0.29, 0.717) is 0 Å². The highest BCUT2D eigenvalue weighted by Gasteiger charge is 2.27. The topological polar surface area (TPSA) is 53.4 Å². The van der Waals surface area contributed by atoms with E-state index in [1.807, 2.05) is 35.6 Å². The molecule has 1 N–H and O–H groups in total. The van der Waals surface area contributed by atoms with Gasteiger partial charge in [0.05, 0.1) is 22.8 Å². The molecule has 0 aliphatic carbocycles. The molecule has 1 aromatic carbocycles. The summed E-state index contributed by atoms with van der Waals surface area (Å²) in [7, 11) is 2.09. The van der Waals surface area contributed by atoms with Crippen molar-refractivity contribution in [1.82, 2.24) is 19.6 Å².